The first-order valence-corrected chi connectivity index (χ1v) is 13.2. The van der Waals surface area contributed by atoms with Crippen LogP contribution in [0.15, 0.2) is 49.1 Å². The maximum absolute atomic E-state index is 5.67. The normalized spacial score (nSPS) is 26.9. The minimum Gasteiger partial charge on any atom is -0.373 e. The van der Waals surface area contributed by atoms with Crippen LogP contribution in [-0.4, -0.2) is 6.61 Å². The van der Waals surface area contributed by atoms with Gasteiger partial charge in [0.05, 0.1) is 13.2 Å². The standard InChI is InChI=1S/C30H46O/c1-3-5-7-8-25-9-11-26(12-10-25)13-14-27-15-19-29(20-16-27)30-21-17-28(18-22-30)24-31-23-6-4-2/h3-4,6,17-18,21-22,25-27,29H,1,5,7-16,19-20,23-24H2,2H3/t25-,26-,27-,29-. The molecule has 1 heteroatoms. The van der Waals surface area contributed by atoms with Crippen LogP contribution in [0.2, 0.25) is 0 Å². The van der Waals surface area contributed by atoms with Crippen molar-refractivity contribution in [2.45, 2.75) is 103 Å². The molecule has 1 aromatic carbocycles. The molecule has 0 aliphatic heterocycles. The van der Waals surface area contributed by atoms with Crippen LogP contribution in [0, 0.1) is 17.8 Å². The van der Waals surface area contributed by atoms with Crippen LogP contribution in [0.1, 0.15) is 107 Å². The molecule has 1 nitrogen and oxygen atoms in total. The summed E-state index contributed by atoms with van der Waals surface area (Å²) in [5.74, 6) is 3.80. The average Bonchev–Trinajstić information content (AvgIpc) is 2.82. The van der Waals surface area contributed by atoms with Crippen LogP contribution in [0.25, 0.3) is 0 Å². The molecule has 0 heterocycles. The molecule has 0 atom stereocenters. The van der Waals surface area contributed by atoms with E-state index in [0.29, 0.717) is 13.2 Å². The van der Waals surface area contributed by atoms with E-state index in [9.17, 15) is 0 Å². The van der Waals surface area contributed by atoms with Gasteiger partial charge < -0.3 is 4.74 Å². The summed E-state index contributed by atoms with van der Waals surface area (Å²) in [6, 6.07) is 9.25. The number of rotatable bonds is 12. The summed E-state index contributed by atoms with van der Waals surface area (Å²) in [4.78, 5) is 0. The molecule has 0 radical (unpaired) electrons. The molecule has 0 bridgehead atoms. The predicted octanol–water partition coefficient (Wildman–Crippen LogP) is 9.00. The Balaban J connectivity index is 1.30. The Labute approximate surface area is 192 Å². The summed E-state index contributed by atoms with van der Waals surface area (Å²) in [6.45, 7) is 7.31. The lowest BCUT2D eigenvalue weighted by Crippen LogP contribution is -2.17. The van der Waals surface area contributed by atoms with E-state index in [0.717, 1.165) is 23.7 Å². The van der Waals surface area contributed by atoms with Gasteiger partial charge in [-0.1, -0.05) is 87.4 Å². The predicted molar refractivity (Wildman–Crippen MR) is 134 cm³/mol. The van der Waals surface area contributed by atoms with Crippen LogP contribution in [0.3, 0.4) is 0 Å². The zero-order valence-corrected chi connectivity index (χ0v) is 20.1. The van der Waals surface area contributed by atoms with Crippen LogP contribution >= 0.6 is 0 Å². The Hall–Kier alpha value is -1.34. The minimum absolute atomic E-state index is 0.708. The lowest BCUT2D eigenvalue weighted by molar-refractivity contribution is 0.148. The number of hydrogen-bond acceptors (Lipinski definition) is 1. The Bertz CT molecular complexity index is 627. The second kappa shape index (κ2) is 13.9. The molecule has 0 saturated heterocycles. The van der Waals surface area contributed by atoms with E-state index in [-0.39, 0.29) is 0 Å². The summed E-state index contributed by atoms with van der Waals surface area (Å²) in [5.41, 5.74) is 2.84. The van der Waals surface area contributed by atoms with Gasteiger partial charge >= 0.3 is 0 Å². The van der Waals surface area contributed by atoms with Crippen molar-refractivity contribution in [2.24, 2.45) is 17.8 Å². The number of hydrogen-bond donors (Lipinski definition) is 0. The molecule has 31 heavy (non-hydrogen) atoms. The molecule has 2 saturated carbocycles. The first-order chi connectivity index (χ1) is 15.3. The van der Waals surface area contributed by atoms with E-state index in [1.165, 1.54) is 89.0 Å². The molecule has 3 rings (SSSR count). The molecule has 1 aromatic rings. The Morgan fingerprint density at radius 1 is 0.839 bits per heavy atom. The summed E-state index contributed by atoms with van der Waals surface area (Å²) < 4.78 is 5.67. The van der Waals surface area contributed by atoms with Crippen LogP contribution in [0.4, 0.5) is 0 Å². The maximum atomic E-state index is 5.67. The highest BCUT2D eigenvalue weighted by Gasteiger charge is 2.25. The van der Waals surface area contributed by atoms with E-state index in [1.807, 2.05) is 13.0 Å². The fraction of sp³-hybridized carbons (Fsp3) is 0.667. The van der Waals surface area contributed by atoms with E-state index < -0.39 is 0 Å². The largest absolute Gasteiger partial charge is 0.373 e. The van der Waals surface area contributed by atoms with Crippen molar-refractivity contribution in [1.29, 1.82) is 0 Å². The number of allylic oxidation sites excluding steroid dienone is 2. The van der Waals surface area contributed by atoms with Crippen LogP contribution in [-0.2, 0) is 11.3 Å². The highest BCUT2D eigenvalue weighted by Crippen LogP contribution is 2.40. The fourth-order valence-electron chi connectivity index (χ4n) is 5.84. The molecular weight excluding hydrogens is 376 g/mol. The second-order valence-electron chi connectivity index (χ2n) is 10.2. The van der Waals surface area contributed by atoms with E-state index in [4.69, 9.17) is 4.74 Å². The molecule has 0 amide bonds. The van der Waals surface area contributed by atoms with Gasteiger partial charge in [-0.15, -0.1) is 6.58 Å². The summed E-state index contributed by atoms with van der Waals surface area (Å²) in [6.07, 6.45) is 24.8. The van der Waals surface area contributed by atoms with Crippen molar-refractivity contribution in [1.82, 2.24) is 0 Å². The van der Waals surface area contributed by atoms with Crippen molar-refractivity contribution >= 4 is 0 Å². The molecule has 0 N–H and O–H groups in total. The Kier molecular flexibility index (Phi) is 10.9. The van der Waals surface area contributed by atoms with Gasteiger partial charge in [-0.3, -0.25) is 0 Å². The van der Waals surface area contributed by atoms with Gasteiger partial charge in [-0.05, 0) is 80.2 Å². The first-order valence-electron chi connectivity index (χ1n) is 13.2. The Morgan fingerprint density at radius 2 is 1.42 bits per heavy atom. The molecule has 2 aliphatic carbocycles. The molecular formula is C30H46O. The van der Waals surface area contributed by atoms with Gasteiger partial charge in [-0.2, -0.15) is 0 Å². The third-order valence-electron chi connectivity index (χ3n) is 7.99. The molecule has 2 fully saturated rings. The zero-order chi connectivity index (χ0) is 21.7. The SMILES string of the molecule is C=CCCC[C@H]1CC[C@H](CC[C@H]2CC[C@H](c3ccc(COCC=CC)cc3)CC2)CC1. The monoisotopic (exact) mass is 422 g/mol. The van der Waals surface area contributed by atoms with Gasteiger partial charge in [0.25, 0.3) is 0 Å². The summed E-state index contributed by atoms with van der Waals surface area (Å²) in [5, 5.41) is 0. The molecule has 172 valence electrons. The smallest absolute Gasteiger partial charge is 0.0721 e. The van der Waals surface area contributed by atoms with Gasteiger partial charge in [0.15, 0.2) is 0 Å². The fourth-order valence-corrected chi connectivity index (χ4v) is 5.84. The van der Waals surface area contributed by atoms with Crippen LogP contribution in [0.5, 0.6) is 0 Å². The lowest BCUT2D eigenvalue weighted by atomic mass is 9.74. The van der Waals surface area contributed by atoms with Crippen molar-refractivity contribution in [2.75, 3.05) is 6.61 Å². The molecule has 0 spiro atoms. The maximum Gasteiger partial charge on any atom is 0.0721 e. The van der Waals surface area contributed by atoms with Crippen molar-refractivity contribution in [3.05, 3.63) is 60.2 Å². The van der Waals surface area contributed by atoms with Crippen LogP contribution < -0.4 is 0 Å². The summed E-state index contributed by atoms with van der Waals surface area (Å²) >= 11 is 0. The highest BCUT2D eigenvalue weighted by atomic mass is 16.5. The quantitative estimate of drug-likeness (QED) is 0.241. The number of unbranched alkanes of at least 4 members (excludes halogenated alkanes) is 1. The lowest BCUT2D eigenvalue weighted by Gasteiger charge is -2.32. The molecule has 0 aromatic heterocycles. The van der Waals surface area contributed by atoms with Gasteiger partial charge in [0.1, 0.15) is 0 Å². The highest BCUT2D eigenvalue weighted by molar-refractivity contribution is 5.25. The number of benzene rings is 1. The number of ether oxygens (including phenoxy) is 1. The van der Waals surface area contributed by atoms with E-state index in [2.05, 4.69) is 43.0 Å². The summed E-state index contributed by atoms with van der Waals surface area (Å²) in [7, 11) is 0. The molecule has 0 unspecified atom stereocenters. The minimum atomic E-state index is 0.708. The third kappa shape index (κ3) is 8.60. The van der Waals surface area contributed by atoms with Gasteiger partial charge in [0, 0.05) is 0 Å². The van der Waals surface area contributed by atoms with Gasteiger partial charge in [-0.25, -0.2) is 0 Å². The second-order valence-corrected chi connectivity index (χ2v) is 10.2. The van der Waals surface area contributed by atoms with Crippen molar-refractivity contribution in [3.8, 4) is 0 Å². The van der Waals surface area contributed by atoms with Crippen molar-refractivity contribution < 1.29 is 4.74 Å². The van der Waals surface area contributed by atoms with Gasteiger partial charge in [0.2, 0.25) is 0 Å². The first kappa shape index (κ1) is 24.3. The van der Waals surface area contributed by atoms with Crippen molar-refractivity contribution in [3.63, 3.8) is 0 Å². The average molecular weight is 423 g/mol. The Morgan fingerprint density at radius 3 is 2.00 bits per heavy atom. The molecule has 2 aliphatic rings. The van der Waals surface area contributed by atoms with E-state index >= 15 is 0 Å². The third-order valence-corrected chi connectivity index (χ3v) is 7.99. The topological polar surface area (TPSA) is 9.23 Å². The van der Waals surface area contributed by atoms with E-state index in [1.54, 1.807) is 5.56 Å². The zero-order valence-electron chi connectivity index (χ0n) is 20.1.